The van der Waals surface area contributed by atoms with Gasteiger partial charge in [0.2, 0.25) is 5.91 Å². The molecule has 1 aromatic heterocycles. The van der Waals surface area contributed by atoms with Crippen molar-refractivity contribution in [1.82, 2.24) is 15.1 Å². The van der Waals surface area contributed by atoms with Gasteiger partial charge in [-0.3, -0.25) is 9.48 Å². The molecule has 1 heterocycles. The number of hydrogen-bond acceptors (Lipinski definition) is 2. The highest BCUT2D eigenvalue weighted by Crippen LogP contribution is 2.22. The highest BCUT2D eigenvalue weighted by Gasteiger charge is 2.11. The zero-order chi connectivity index (χ0) is 16.2. The number of nitrogens with zero attached hydrogens (tertiary/aromatic N) is 2. The van der Waals surface area contributed by atoms with Gasteiger partial charge in [-0.05, 0) is 23.6 Å². The van der Waals surface area contributed by atoms with Crippen LogP contribution in [0.5, 0.6) is 0 Å². The summed E-state index contributed by atoms with van der Waals surface area (Å²) < 4.78 is 1.67. The predicted molar refractivity (Wildman–Crippen MR) is 92.6 cm³/mol. The third kappa shape index (κ3) is 3.54. The van der Waals surface area contributed by atoms with Crippen molar-refractivity contribution >= 4 is 28.4 Å². The summed E-state index contributed by atoms with van der Waals surface area (Å²) in [6, 6.07) is 15.7. The summed E-state index contributed by atoms with van der Waals surface area (Å²) in [4.78, 5) is 12.2. The Kier molecular flexibility index (Phi) is 4.63. The van der Waals surface area contributed by atoms with Gasteiger partial charge in [0.05, 0.1) is 16.7 Å². The maximum Gasteiger partial charge on any atom is 0.241 e. The fraction of sp³-hybridized carbons (Fsp3) is 0.222. The predicted octanol–water partition coefficient (Wildman–Crippen LogP) is 3.61. The summed E-state index contributed by atoms with van der Waals surface area (Å²) in [5.41, 5.74) is 2.08. The Morgan fingerprint density at radius 2 is 2.00 bits per heavy atom. The van der Waals surface area contributed by atoms with Gasteiger partial charge in [0.25, 0.3) is 0 Å². The van der Waals surface area contributed by atoms with Crippen LogP contribution in [0.15, 0.2) is 54.7 Å². The van der Waals surface area contributed by atoms with Crippen molar-refractivity contribution in [2.45, 2.75) is 19.4 Å². The molecule has 4 nitrogen and oxygen atoms in total. The van der Waals surface area contributed by atoms with Crippen molar-refractivity contribution in [3.05, 3.63) is 65.3 Å². The molecule has 23 heavy (non-hydrogen) atoms. The molecule has 118 valence electrons. The molecule has 1 atom stereocenters. The summed E-state index contributed by atoms with van der Waals surface area (Å²) in [5, 5.41) is 8.72. The van der Waals surface area contributed by atoms with Crippen LogP contribution in [0.3, 0.4) is 0 Å². The van der Waals surface area contributed by atoms with E-state index in [9.17, 15) is 4.79 Å². The van der Waals surface area contributed by atoms with Crippen molar-refractivity contribution in [2.75, 3.05) is 6.54 Å². The maximum absolute atomic E-state index is 12.2. The lowest BCUT2D eigenvalue weighted by molar-refractivity contribution is -0.121. The SMILES string of the molecule is C[C@H](CNC(=O)Cn1ncc2c(Cl)cccc21)c1ccccc1. The Hall–Kier alpha value is -2.33. The van der Waals surface area contributed by atoms with Crippen LogP contribution >= 0.6 is 11.6 Å². The zero-order valence-corrected chi connectivity index (χ0v) is 13.6. The van der Waals surface area contributed by atoms with E-state index in [0.717, 1.165) is 10.9 Å². The number of aromatic nitrogens is 2. The first-order chi connectivity index (χ1) is 11.1. The standard InChI is InChI=1S/C18H18ClN3O/c1-13(14-6-3-2-4-7-14)10-20-18(23)12-22-17-9-5-8-16(19)15(17)11-21-22/h2-9,11,13H,10,12H2,1H3,(H,20,23)/t13-/m1/s1. The first-order valence-electron chi connectivity index (χ1n) is 7.57. The number of carbonyl (C=O) groups is 1. The number of fused-ring (bicyclic) bond motifs is 1. The van der Waals surface area contributed by atoms with E-state index in [2.05, 4.69) is 29.5 Å². The summed E-state index contributed by atoms with van der Waals surface area (Å²) in [7, 11) is 0. The van der Waals surface area contributed by atoms with Crippen LogP contribution in [0.1, 0.15) is 18.4 Å². The van der Waals surface area contributed by atoms with Crippen molar-refractivity contribution in [1.29, 1.82) is 0 Å². The highest BCUT2D eigenvalue weighted by molar-refractivity contribution is 6.35. The van der Waals surface area contributed by atoms with Crippen LogP contribution in [0.2, 0.25) is 5.02 Å². The van der Waals surface area contributed by atoms with Crippen LogP contribution in [0.4, 0.5) is 0 Å². The van der Waals surface area contributed by atoms with Gasteiger partial charge in [0.15, 0.2) is 0 Å². The van der Waals surface area contributed by atoms with Crippen LogP contribution in [0.25, 0.3) is 10.9 Å². The molecule has 0 unspecified atom stereocenters. The summed E-state index contributed by atoms with van der Waals surface area (Å²) >= 11 is 6.12. The van der Waals surface area contributed by atoms with E-state index >= 15 is 0 Å². The van der Waals surface area contributed by atoms with Gasteiger partial charge in [0, 0.05) is 11.9 Å². The number of rotatable bonds is 5. The maximum atomic E-state index is 12.2. The minimum absolute atomic E-state index is 0.0576. The molecule has 0 saturated carbocycles. The van der Waals surface area contributed by atoms with E-state index in [1.807, 2.05) is 36.4 Å². The summed E-state index contributed by atoms with van der Waals surface area (Å²) in [5.74, 6) is 0.210. The first-order valence-corrected chi connectivity index (χ1v) is 7.94. The number of hydrogen-bond donors (Lipinski definition) is 1. The lowest BCUT2D eigenvalue weighted by atomic mass is 10.0. The van der Waals surface area contributed by atoms with Crippen molar-refractivity contribution < 1.29 is 4.79 Å². The number of benzene rings is 2. The first kappa shape index (κ1) is 15.6. The average molecular weight is 328 g/mol. The van der Waals surface area contributed by atoms with E-state index in [1.165, 1.54) is 5.56 Å². The Bertz CT molecular complexity index is 814. The van der Waals surface area contributed by atoms with Gasteiger partial charge >= 0.3 is 0 Å². The van der Waals surface area contributed by atoms with E-state index in [-0.39, 0.29) is 18.4 Å². The number of nitrogens with one attached hydrogen (secondary N) is 1. The van der Waals surface area contributed by atoms with Gasteiger partial charge < -0.3 is 5.32 Å². The minimum atomic E-state index is -0.0576. The van der Waals surface area contributed by atoms with Crippen molar-refractivity contribution in [3.8, 4) is 0 Å². The average Bonchev–Trinajstić information content (AvgIpc) is 2.98. The molecule has 0 saturated heterocycles. The number of amides is 1. The number of carbonyl (C=O) groups excluding carboxylic acids is 1. The molecule has 3 aromatic rings. The van der Waals surface area contributed by atoms with E-state index in [4.69, 9.17) is 11.6 Å². The van der Waals surface area contributed by atoms with Crippen molar-refractivity contribution in [2.24, 2.45) is 0 Å². The normalized spacial score (nSPS) is 12.3. The molecular weight excluding hydrogens is 310 g/mol. The Morgan fingerprint density at radius 3 is 2.78 bits per heavy atom. The molecular formula is C18H18ClN3O. The fourth-order valence-corrected chi connectivity index (χ4v) is 2.77. The monoisotopic (exact) mass is 327 g/mol. The third-order valence-electron chi connectivity index (χ3n) is 3.90. The second-order valence-corrected chi connectivity index (χ2v) is 6.00. The largest absolute Gasteiger partial charge is 0.354 e. The van der Waals surface area contributed by atoms with E-state index in [1.54, 1.807) is 10.9 Å². The molecule has 0 bridgehead atoms. The topological polar surface area (TPSA) is 46.9 Å². The van der Waals surface area contributed by atoms with Crippen LogP contribution in [-0.2, 0) is 11.3 Å². The number of halogens is 1. The van der Waals surface area contributed by atoms with Crippen LogP contribution in [-0.4, -0.2) is 22.2 Å². The molecule has 0 fully saturated rings. The summed E-state index contributed by atoms with van der Waals surface area (Å²) in [6.07, 6.45) is 1.69. The van der Waals surface area contributed by atoms with Crippen LogP contribution < -0.4 is 5.32 Å². The molecule has 1 N–H and O–H groups in total. The zero-order valence-electron chi connectivity index (χ0n) is 12.9. The van der Waals surface area contributed by atoms with Gasteiger partial charge in [-0.1, -0.05) is 54.9 Å². The molecule has 0 aliphatic carbocycles. The lowest BCUT2D eigenvalue weighted by Crippen LogP contribution is -2.31. The Morgan fingerprint density at radius 1 is 1.22 bits per heavy atom. The lowest BCUT2D eigenvalue weighted by Gasteiger charge is -2.13. The smallest absolute Gasteiger partial charge is 0.241 e. The van der Waals surface area contributed by atoms with Gasteiger partial charge in [0.1, 0.15) is 6.54 Å². The third-order valence-corrected chi connectivity index (χ3v) is 4.23. The second kappa shape index (κ2) is 6.84. The van der Waals surface area contributed by atoms with Gasteiger partial charge in [-0.25, -0.2) is 0 Å². The molecule has 3 rings (SSSR count). The molecule has 0 spiro atoms. The Balaban J connectivity index is 1.62. The second-order valence-electron chi connectivity index (χ2n) is 5.59. The Labute approximate surface area is 140 Å². The summed E-state index contributed by atoms with van der Waals surface area (Å²) in [6.45, 7) is 2.88. The quantitative estimate of drug-likeness (QED) is 0.778. The molecule has 0 radical (unpaired) electrons. The minimum Gasteiger partial charge on any atom is -0.354 e. The van der Waals surface area contributed by atoms with Gasteiger partial charge in [-0.15, -0.1) is 0 Å². The molecule has 0 aliphatic rings. The van der Waals surface area contributed by atoms with Crippen molar-refractivity contribution in [3.63, 3.8) is 0 Å². The fourth-order valence-electron chi connectivity index (χ4n) is 2.55. The molecule has 1 amide bonds. The molecule has 5 heteroatoms. The van der Waals surface area contributed by atoms with E-state index in [0.29, 0.717) is 11.6 Å². The molecule has 2 aromatic carbocycles. The van der Waals surface area contributed by atoms with E-state index < -0.39 is 0 Å². The van der Waals surface area contributed by atoms with Crippen LogP contribution in [0, 0.1) is 0 Å². The molecule has 0 aliphatic heterocycles. The highest BCUT2D eigenvalue weighted by atomic mass is 35.5. The van der Waals surface area contributed by atoms with Gasteiger partial charge in [-0.2, -0.15) is 5.10 Å².